The summed E-state index contributed by atoms with van der Waals surface area (Å²) in [7, 11) is 0. The second kappa shape index (κ2) is 3.53. The van der Waals surface area contributed by atoms with Gasteiger partial charge < -0.3 is 0 Å². The van der Waals surface area contributed by atoms with E-state index in [9.17, 15) is 9.59 Å². The van der Waals surface area contributed by atoms with E-state index < -0.39 is 0 Å². The molecule has 1 aliphatic heterocycles. The molecule has 0 aromatic heterocycles. The lowest BCUT2D eigenvalue weighted by Gasteiger charge is -2.00. The number of benzene rings is 1. The Morgan fingerprint density at radius 3 is 2.27 bits per heavy atom. The van der Waals surface area contributed by atoms with E-state index in [4.69, 9.17) is 0 Å². The smallest absolute Gasteiger partial charge is 0.258 e. The molecular formula is C12H9NO2. The summed E-state index contributed by atoms with van der Waals surface area (Å²) in [5.74, 6) is -0.700. The fourth-order valence-corrected chi connectivity index (χ4v) is 1.43. The van der Waals surface area contributed by atoms with E-state index in [2.05, 4.69) is 11.9 Å². The van der Waals surface area contributed by atoms with Crippen molar-refractivity contribution in [1.82, 2.24) is 5.32 Å². The zero-order chi connectivity index (χ0) is 10.8. The summed E-state index contributed by atoms with van der Waals surface area (Å²) in [4.78, 5) is 22.3. The zero-order valence-electron chi connectivity index (χ0n) is 7.99. The first-order valence-electron chi connectivity index (χ1n) is 4.50. The van der Waals surface area contributed by atoms with Gasteiger partial charge in [-0.25, -0.2) is 0 Å². The normalized spacial score (nSPS) is 14.8. The number of imide groups is 1. The minimum Gasteiger partial charge on any atom is -0.289 e. The van der Waals surface area contributed by atoms with Crippen LogP contribution in [-0.2, 0) is 9.59 Å². The highest BCUT2D eigenvalue weighted by Gasteiger charge is 2.21. The van der Waals surface area contributed by atoms with Gasteiger partial charge in [0.1, 0.15) is 0 Å². The van der Waals surface area contributed by atoms with E-state index in [0.717, 1.165) is 11.1 Å². The number of hydrogen-bond acceptors (Lipinski definition) is 2. The van der Waals surface area contributed by atoms with E-state index >= 15 is 0 Å². The molecule has 3 heteroatoms. The topological polar surface area (TPSA) is 46.2 Å². The predicted octanol–water partition coefficient (Wildman–Crippen LogP) is 1.37. The Kier molecular flexibility index (Phi) is 2.21. The van der Waals surface area contributed by atoms with Crippen LogP contribution in [0.3, 0.4) is 0 Å². The standard InChI is InChI=1S/C12H9NO2/c1-2-8-3-5-9(6-4-8)10-7-11(14)13-12(10)15/h2-7H,1H2,(H,13,14,15). The molecule has 0 unspecified atom stereocenters. The monoisotopic (exact) mass is 199 g/mol. The molecule has 1 aromatic carbocycles. The fraction of sp³-hybridized carbons (Fsp3) is 0. The molecule has 0 saturated heterocycles. The Morgan fingerprint density at radius 2 is 1.80 bits per heavy atom. The molecule has 74 valence electrons. The van der Waals surface area contributed by atoms with Crippen molar-refractivity contribution in [3.8, 4) is 0 Å². The zero-order valence-corrected chi connectivity index (χ0v) is 7.99. The van der Waals surface area contributed by atoms with Crippen molar-refractivity contribution in [2.75, 3.05) is 0 Å². The van der Waals surface area contributed by atoms with Crippen LogP contribution < -0.4 is 5.32 Å². The van der Waals surface area contributed by atoms with E-state index in [-0.39, 0.29) is 11.8 Å². The summed E-state index contributed by atoms with van der Waals surface area (Å²) in [6, 6.07) is 7.28. The lowest BCUT2D eigenvalue weighted by molar-refractivity contribution is -0.123. The highest BCUT2D eigenvalue weighted by atomic mass is 16.2. The van der Waals surface area contributed by atoms with Gasteiger partial charge in [-0.1, -0.05) is 36.9 Å². The third-order valence-corrected chi connectivity index (χ3v) is 2.21. The van der Waals surface area contributed by atoms with Gasteiger partial charge in [0.15, 0.2) is 0 Å². The maximum absolute atomic E-state index is 11.3. The van der Waals surface area contributed by atoms with Crippen LogP contribution in [0.5, 0.6) is 0 Å². The van der Waals surface area contributed by atoms with Crippen LogP contribution in [-0.4, -0.2) is 11.8 Å². The van der Waals surface area contributed by atoms with E-state index in [0.29, 0.717) is 5.57 Å². The molecule has 0 fully saturated rings. The molecule has 1 aromatic rings. The molecule has 0 aliphatic carbocycles. The van der Waals surface area contributed by atoms with Crippen LogP contribution in [0, 0.1) is 0 Å². The first kappa shape index (κ1) is 9.40. The highest BCUT2D eigenvalue weighted by Crippen LogP contribution is 2.18. The minimum absolute atomic E-state index is 0.341. The predicted molar refractivity (Wildman–Crippen MR) is 57.7 cm³/mol. The molecule has 2 rings (SSSR count). The Balaban J connectivity index is 2.38. The third-order valence-electron chi connectivity index (χ3n) is 2.21. The maximum Gasteiger partial charge on any atom is 0.258 e. The first-order chi connectivity index (χ1) is 7.20. The van der Waals surface area contributed by atoms with Crippen LogP contribution in [0.15, 0.2) is 36.9 Å². The Bertz CT molecular complexity index is 469. The second-order valence-electron chi connectivity index (χ2n) is 3.20. The van der Waals surface area contributed by atoms with Crippen LogP contribution in [0.4, 0.5) is 0 Å². The summed E-state index contributed by atoms with van der Waals surface area (Å²) in [6.07, 6.45) is 3.03. The van der Waals surface area contributed by atoms with E-state index in [1.165, 1.54) is 6.08 Å². The quantitative estimate of drug-likeness (QED) is 0.731. The van der Waals surface area contributed by atoms with Gasteiger partial charge in [0.05, 0.1) is 5.57 Å². The second-order valence-corrected chi connectivity index (χ2v) is 3.20. The van der Waals surface area contributed by atoms with Crippen LogP contribution in [0.25, 0.3) is 11.6 Å². The summed E-state index contributed by atoms with van der Waals surface area (Å²) < 4.78 is 0. The average Bonchev–Trinajstić information content (AvgIpc) is 2.58. The summed E-state index contributed by atoms with van der Waals surface area (Å²) in [5.41, 5.74) is 2.13. The molecule has 15 heavy (non-hydrogen) atoms. The highest BCUT2D eigenvalue weighted by molar-refractivity contribution is 6.33. The van der Waals surface area contributed by atoms with Crippen molar-refractivity contribution in [3.63, 3.8) is 0 Å². The molecule has 0 bridgehead atoms. The summed E-state index contributed by atoms with van der Waals surface area (Å²) in [6.45, 7) is 3.64. The minimum atomic E-state index is -0.359. The number of amides is 2. The molecule has 0 spiro atoms. The number of hydrogen-bond donors (Lipinski definition) is 1. The number of carbonyl (C=O) groups is 2. The van der Waals surface area contributed by atoms with Crippen LogP contribution >= 0.6 is 0 Å². The average molecular weight is 199 g/mol. The molecular weight excluding hydrogens is 190 g/mol. The SMILES string of the molecule is C=Cc1ccc(C2=CC(=O)NC2=O)cc1. The third kappa shape index (κ3) is 1.72. The Labute approximate surface area is 87.1 Å². The first-order valence-corrected chi connectivity index (χ1v) is 4.50. The van der Waals surface area contributed by atoms with Gasteiger partial charge in [-0.05, 0) is 11.1 Å². The van der Waals surface area contributed by atoms with Crippen molar-refractivity contribution in [1.29, 1.82) is 0 Å². The van der Waals surface area contributed by atoms with Gasteiger partial charge in [-0.2, -0.15) is 0 Å². The molecule has 2 amide bonds. The van der Waals surface area contributed by atoms with Crippen molar-refractivity contribution in [2.24, 2.45) is 0 Å². The Hall–Kier alpha value is -2.16. The van der Waals surface area contributed by atoms with Crippen molar-refractivity contribution < 1.29 is 9.59 Å². The van der Waals surface area contributed by atoms with Crippen LogP contribution in [0.1, 0.15) is 11.1 Å². The molecule has 0 atom stereocenters. The summed E-state index contributed by atoms with van der Waals surface area (Å²) >= 11 is 0. The molecule has 3 nitrogen and oxygen atoms in total. The number of carbonyl (C=O) groups excluding carboxylic acids is 2. The number of nitrogens with one attached hydrogen (secondary N) is 1. The van der Waals surface area contributed by atoms with Crippen molar-refractivity contribution in [2.45, 2.75) is 0 Å². The number of rotatable bonds is 2. The fourth-order valence-electron chi connectivity index (χ4n) is 1.43. The van der Waals surface area contributed by atoms with E-state index in [1.54, 1.807) is 18.2 Å². The van der Waals surface area contributed by atoms with Crippen molar-refractivity contribution >= 4 is 23.5 Å². The van der Waals surface area contributed by atoms with Gasteiger partial charge in [-0.15, -0.1) is 0 Å². The van der Waals surface area contributed by atoms with Crippen LogP contribution in [0.2, 0.25) is 0 Å². The lowest BCUT2D eigenvalue weighted by Crippen LogP contribution is -2.21. The lowest BCUT2D eigenvalue weighted by atomic mass is 10.0. The molecule has 0 saturated carbocycles. The molecule has 1 aliphatic rings. The molecule has 1 heterocycles. The van der Waals surface area contributed by atoms with Gasteiger partial charge in [0.25, 0.3) is 11.8 Å². The molecule has 1 N–H and O–H groups in total. The van der Waals surface area contributed by atoms with Gasteiger partial charge in [0, 0.05) is 6.08 Å². The van der Waals surface area contributed by atoms with Gasteiger partial charge in [0.2, 0.25) is 0 Å². The van der Waals surface area contributed by atoms with Crippen molar-refractivity contribution in [3.05, 3.63) is 48.0 Å². The van der Waals surface area contributed by atoms with E-state index in [1.807, 2.05) is 12.1 Å². The molecule has 0 radical (unpaired) electrons. The Morgan fingerprint density at radius 1 is 1.13 bits per heavy atom. The summed E-state index contributed by atoms with van der Waals surface area (Å²) in [5, 5.41) is 2.20. The van der Waals surface area contributed by atoms with Gasteiger partial charge in [-0.3, -0.25) is 14.9 Å². The van der Waals surface area contributed by atoms with Gasteiger partial charge >= 0.3 is 0 Å². The maximum atomic E-state index is 11.3. The largest absolute Gasteiger partial charge is 0.289 e.